The fourth-order valence-corrected chi connectivity index (χ4v) is 5.44. The van der Waals surface area contributed by atoms with E-state index >= 15 is 0 Å². The largest absolute Gasteiger partial charge is 0.277 e. The summed E-state index contributed by atoms with van der Waals surface area (Å²) in [6.07, 6.45) is 0. The van der Waals surface area contributed by atoms with Crippen LogP contribution in [0.3, 0.4) is 0 Å². The van der Waals surface area contributed by atoms with Crippen LogP contribution in [-0.2, 0) is 0 Å². The summed E-state index contributed by atoms with van der Waals surface area (Å²) in [5.74, 6) is 0. The highest BCUT2D eigenvalue weighted by Crippen LogP contribution is 2.36. The van der Waals surface area contributed by atoms with Gasteiger partial charge in [-0.1, -0.05) is 84.9 Å². The lowest BCUT2D eigenvalue weighted by Gasteiger charge is -2.13. The van der Waals surface area contributed by atoms with E-state index in [-0.39, 0.29) is 0 Å². The van der Waals surface area contributed by atoms with Gasteiger partial charge in [-0.15, -0.1) is 0 Å². The fourth-order valence-electron chi connectivity index (χ4n) is 5.44. The van der Waals surface area contributed by atoms with E-state index in [1.165, 1.54) is 33.4 Å². The number of aromatic amines is 2. The summed E-state index contributed by atoms with van der Waals surface area (Å²) < 4.78 is 0. The minimum Gasteiger partial charge on any atom is -0.277 e. The van der Waals surface area contributed by atoms with Crippen LogP contribution in [0.5, 0.6) is 0 Å². The highest BCUT2D eigenvalue weighted by Gasteiger charge is 2.14. The van der Waals surface area contributed by atoms with E-state index in [2.05, 4.69) is 107 Å². The van der Waals surface area contributed by atoms with Gasteiger partial charge in [-0.3, -0.25) is 10.2 Å². The molecule has 0 saturated carbocycles. The first-order chi connectivity index (χ1) is 18.7. The summed E-state index contributed by atoms with van der Waals surface area (Å²) in [5, 5.41) is 18.0. The Hall–Kier alpha value is -4.96. The quantitative estimate of drug-likeness (QED) is 0.259. The molecule has 0 fully saturated rings. The van der Waals surface area contributed by atoms with Gasteiger partial charge in [0, 0.05) is 21.9 Å². The Morgan fingerprint density at radius 1 is 0.447 bits per heavy atom. The second-order valence-electron chi connectivity index (χ2n) is 9.88. The predicted molar refractivity (Wildman–Crippen MR) is 157 cm³/mol. The average Bonchev–Trinajstić information content (AvgIpc) is 3.59. The van der Waals surface area contributed by atoms with Crippen LogP contribution in [0.1, 0.15) is 11.1 Å². The lowest BCUT2D eigenvalue weighted by atomic mass is 9.91. The molecule has 2 heterocycles. The molecule has 7 aromatic rings. The molecular weight excluding hydrogens is 464 g/mol. The van der Waals surface area contributed by atoms with Crippen molar-refractivity contribution in [1.82, 2.24) is 20.4 Å². The Balaban J connectivity index is 1.25. The maximum atomic E-state index is 4.61. The summed E-state index contributed by atoms with van der Waals surface area (Å²) in [5.41, 5.74) is 13.6. The first-order valence-corrected chi connectivity index (χ1v) is 12.8. The SMILES string of the molecule is Cc1cc(-c2ccc3c(-c4ccccc4)n[nH]c3c2)c(C)cc1-c1ccc2c(-c3ccccc3)n[nH]c2c1. The normalized spacial score (nSPS) is 11.4. The molecule has 0 saturated heterocycles. The zero-order chi connectivity index (χ0) is 25.6. The van der Waals surface area contributed by atoms with Crippen LogP contribution >= 0.6 is 0 Å². The maximum Gasteiger partial charge on any atom is 0.0999 e. The van der Waals surface area contributed by atoms with Crippen LogP contribution < -0.4 is 0 Å². The van der Waals surface area contributed by atoms with Crippen LogP contribution in [0.4, 0.5) is 0 Å². The van der Waals surface area contributed by atoms with E-state index in [9.17, 15) is 0 Å². The lowest BCUT2D eigenvalue weighted by molar-refractivity contribution is 1.12. The molecule has 4 heteroatoms. The van der Waals surface area contributed by atoms with E-state index in [4.69, 9.17) is 0 Å². The van der Waals surface area contributed by atoms with Crippen molar-refractivity contribution in [2.75, 3.05) is 0 Å². The van der Waals surface area contributed by atoms with Crippen LogP contribution in [0, 0.1) is 13.8 Å². The predicted octanol–water partition coefficient (Wildman–Crippen LogP) is 8.72. The lowest BCUT2D eigenvalue weighted by Crippen LogP contribution is -1.90. The van der Waals surface area contributed by atoms with Gasteiger partial charge in [0.15, 0.2) is 0 Å². The van der Waals surface area contributed by atoms with Gasteiger partial charge in [0.25, 0.3) is 0 Å². The van der Waals surface area contributed by atoms with Crippen molar-refractivity contribution < 1.29 is 0 Å². The molecule has 0 aliphatic heterocycles. The zero-order valence-corrected chi connectivity index (χ0v) is 21.3. The van der Waals surface area contributed by atoms with E-state index in [1.807, 2.05) is 36.4 Å². The first-order valence-electron chi connectivity index (χ1n) is 12.8. The second kappa shape index (κ2) is 8.86. The third-order valence-electron chi connectivity index (χ3n) is 7.41. The van der Waals surface area contributed by atoms with Crippen molar-refractivity contribution in [3.05, 3.63) is 120 Å². The molecule has 0 bridgehead atoms. The summed E-state index contributed by atoms with van der Waals surface area (Å²) in [6, 6.07) is 38.4. The van der Waals surface area contributed by atoms with E-state index < -0.39 is 0 Å². The summed E-state index contributed by atoms with van der Waals surface area (Å²) in [4.78, 5) is 0. The molecule has 7 rings (SSSR count). The Morgan fingerprint density at radius 3 is 1.29 bits per heavy atom. The van der Waals surface area contributed by atoms with Crippen LogP contribution in [0.25, 0.3) is 66.6 Å². The number of hydrogen-bond acceptors (Lipinski definition) is 2. The summed E-state index contributed by atoms with van der Waals surface area (Å²) in [7, 11) is 0. The third kappa shape index (κ3) is 3.70. The minimum atomic E-state index is 0.986. The van der Waals surface area contributed by atoms with Crippen LogP contribution in [0.2, 0.25) is 0 Å². The van der Waals surface area contributed by atoms with Crippen molar-refractivity contribution >= 4 is 21.8 Å². The Bertz CT molecular complexity index is 1790. The van der Waals surface area contributed by atoms with Crippen molar-refractivity contribution in [1.29, 1.82) is 0 Å². The van der Waals surface area contributed by atoms with E-state index in [1.54, 1.807) is 0 Å². The van der Waals surface area contributed by atoms with Gasteiger partial charge in [0.1, 0.15) is 0 Å². The summed E-state index contributed by atoms with van der Waals surface area (Å²) >= 11 is 0. The Labute approximate surface area is 221 Å². The Kier molecular flexibility index (Phi) is 5.19. The molecule has 0 amide bonds. The number of benzene rings is 5. The molecule has 2 N–H and O–H groups in total. The van der Waals surface area contributed by atoms with Gasteiger partial charge in [0.2, 0.25) is 0 Å². The van der Waals surface area contributed by atoms with Crippen LogP contribution in [0.15, 0.2) is 109 Å². The van der Waals surface area contributed by atoms with E-state index in [0.29, 0.717) is 0 Å². The topological polar surface area (TPSA) is 57.4 Å². The maximum absolute atomic E-state index is 4.61. The molecule has 0 radical (unpaired) electrons. The van der Waals surface area contributed by atoms with Crippen molar-refractivity contribution in [3.63, 3.8) is 0 Å². The molecule has 0 atom stereocenters. The summed E-state index contributed by atoms with van der Waals surface area (Å²) in [6.45, 7) is 4.38. The average molecular weight is 491 g/mol. The van der Waals surface area contributed by atoms with Gasteiger partial charge in [0.05, 0.1) is 22.4 Å². The molecule has 0 spiro atoms. The smallest absolute Gasteiger partial charge is 0.0999 e. The molecule has 0 aliphatic rings. The monoisotopic (exact) mass is 490 g/mol. The number of aryl methyl sites for hydroxylation is 2. The first kappa shape index (κ1) is 22.3. The van der Waals surface area contributed by atoms with Gasteiger partial charge in [-0.05, 0) is 71.5 Å². The zero-order valence-electron chi connectivity index (χ0n) is 21.3. The fraction of sp³-hybridized carbons (Fsp3) is 0.0588. The van der Waals surface area contributed by atoms with Gasteiger partial charge in [-0.2, -0.15) is 10.2 Å². The van der Waals surface area contributed by atoms with Gasteiger partial charge >= 0.3 is 0 Å². The second-order valence-corrected chi connectivity index (χ2v) is 9.88. The molecule has 5 aromatic carbocycles. The number of nitrogens with one attached hydrogen (secondary N) is 2. The highest BCUT2D eigenvalue weighted by atomic mass is 15.1. The number of nitrogens with zero attached hydrogens (tertiary/aromatic N) is 2. The molecule has 38 heavy (non-hydrogen) atoms. The van der Waals surface area contributed by atoms with Gasteiger partial charge < -0.3 is 0 Å². The minimum absolute atomic E-state index is 0.986. The number of H-pyrrole nitrogens is 2. The molecular formula is C34H26N4. The van der Waals surface area contributed by atoms with Gasteiger partial charge in [-0.25, -0.2) is 0 Å². The number of aromatic nitrogens is 4. The molecule has 182 valence electrons. The molecule has 4 nitrogen and oxygen atoms in total. The van der Waals surface area contributed by atoms with Crippen LogP contribution in [-0.4, -0.2) is 20.4 Å². The highest BCUT2D eigenvalue weighted by molar-refractivity contribution is 5.97. The van der Waals surface area contributed by atoms with Crippen molar-refractivity contribution in [2.45, 2.75) is 13.8 Å². The molecule has 2 aromatic heterocycles. The standard InChI is InChI=1S/C34H26N4/c1-21-17-30(26-14-16-28-32(20-26)36-38-34(28)24-11-7-4-8-12-24)22(2)18-29(21)25-13-15-27-31(19-25)35-37-33(27)23-9-5-3-6-10-23/h3-20H,1-2H3,(H,35,37)(H,36,38). The molecule has 0 aliphatic carbocycles. The van der Waals surface area contributed by atoms with E-state index in [0.717, 1.165) is 44.3 Å². The Morgan fingerprint density at radius 2 is 0.868 bits per heavy atom. The van der Waals surface area contributed by atoms with Crippen molar-refractivity contribution in [3.8, 4) is 44.8 Å². The number of hydrogen-bond donors (Lipinski definition) is 2. The number of rotatable bonds is 4. The number of fused-ring (bicyclic) bond motifs is 2. The molecule has 0 unspecified atom stereocenters. The van der Waals surface area contributed by atoms with Crippen molar-refractivity contribution in [2.24, 2.45) is 0 Å². The third-order valence-corrected chi connectivity index (χ3v) is 7.41.